The van der Waals surface area contributed by atoms with Crippen molar-refractivity contribution in [3.63, 3.8) is 0 Å². The lowest BCUT2D eigenvalue weighted by Gasteiger charge is -2.15. The summed E-state index contributed by atoms with van der Waals surface area (Å²) in [6.45, 7) is 1.81. The number of aromatic nitrogens is 2. The van der Waals surface area contributed by atoms with Crippen LogP contribution in [0.15, 0.2) is 72.1 Å². The first-order valence-corrected chi connectivity index (χ1v) is 10.5. The normalized spacial score (nSPS) is 11.2. The van der Waals surface area contributed by atoms with Gasteiger partial charge in [-0.2, -0.15) is 5.10 Å². The molecule has 4 aromatic rings. The number of nitrogens with one attached hydrogen (secondary N) is 1. The van der Waals surface area contributed by atoms with Gasteiger partial charge < -0.3 is 14.2 Å². The van der Waals surface area contributed by atoms with Gasteiger partial charge in [-0.25, -0.2) is 10.4 Å². The average Bonchev–Trinajstić information content (AvgIpc) is 2.90. The van der Waals surface area contributed by atoms with Crippen LogP contribution < -0.4 is 19.6 Å². The molecule has 0 aliphatic heterocycles. The van der Waals surface area contributed by atoms with Gasteiger partial charge in [0.25, 0.3) is 5.91 Å². The molecule has 0 saturated heterocycles. The Labute approximate surface area is 197 Å². The monoisotopic (exact) mass is 456 g/mol. The zero-order chi connectivity index (χ0) is 24.1. The SMILES string of the molecule is COc1cc(-c2cc(C(=O)N/N=C(\C)c3cccnc3)c3ccccc3n2)cc(OC)c1OC. The second-order valence-corrected chi connectivity index (χ2v) is 7.37. The maximum atomic E-state index is 13.2. The van der Waals surface area contributed by atoms with Crippen molar-refractivity contribution in [3.8, 4) is 28.5 Å². The fourth-order valence-corrected chi connectivity index (χ4v) is 3.58. The van der Waals surface area contributed by atoms with E-state index in [9.17, 15) is 4.79 Å². The van der Waals surface area contributed by atoms with Gasteiger partial charge in [0.05, 0.1) is 43.8 Å². The van der Waals surface area contributed by atoms with Gasteiger partial charge in [-0.1, -0.05) is 24.3 Å². The number of nitrogens with zero attached hydrogens (tertiary/aromatic N) is 3. The molecule has 0 bridgehead atoms. The van der Waals surface area contributed by atoms with E-state index in [1.807, 2.05) is 43.3 Å². The van der Waals surface area contributed by atoms with Crippen molar-refractivity contribution in [2.75, 3.05) is 21.3 Å². The Morgan fingerprint density at radius 1 is 0.941 bits per heavy atom. The minimum Gasteiger partial charge on any atom is -0.493 e. The highest BCUT2D eigenvalue weighted by molar-refractivity contribution is 6.08. The molecule has 34 heavy (non-hydrogen) atoms. The van der Waals surface area contributed by atoms with Crippen molar-refractivity contribution in [3.05, 3.63) is 78.1 Å². The molecule has 0 atom stereocenters. The number of pyridine rings is 2. The summed E-state index contributed by atoms with van der Waals surface area (Å²) in [5.74, 6) is 1.12. The number of para-hydroxylation sites is 1. The summed E-state index contributed by atoms with van der Waals surface area (Å²) in [5.41, 5.74) is 6.53. The minimum atomic E-state index is -0.351. The van der Waals surface area contributed by atoms with Gasteiger partial charge in [-0.15, -0.1) is 0 Å². The number of rotatable bonds is 7. The number of benzene rings is 2. The number of methoxy groups -OCH3 is 3. The van der Waals surface area contributed by atoms with Crippen molar-refractivity contribution in [1.29, 1.82) is 0 Å². The Morgan fingerprint density at radius 3 is 2.32 bits per heavy atom. The van der Waals surface area contributed by atoms with Gasteiger partial charge in [0.1, 0.15) is 0 Å². The molecule has 0 spiro atoms. The number of ether oxygens (including phenoxy) is 3. The first-order chi connectivity index (χ1) is 16.5. The van der Waals surface area contributed by atoms with E-state index in [2.05, 4.69) is 15.5 Å². The summed E-state index contributed by atoms with van der Waals surface area (Å²) >= 11 is 0. The summed E-state index contributed by atoms with van der Waals surface area (Å²) in [6, 6.07) is 16.5. The molecule has 2 aromatic carbocycles. The predicted octanol–water partition coefficient (Wildman–Crippen LogP) is 4.48. The summed E-state index contributed by atoms with van der Waals surface area (Å²) in [4.78, 5) is 22.0. The molecule has 2 heterocycles. The highest BCUT2D eigenvalue weighted by Crippen LogP contribution is 2.41. The molecule has 0 saturated carbocycles. The molecule has 0 aliphatic carbocycles. The molecule has 8 nitrogen and oxygen atoms in total. The van der Waals surface area contributed by atoms with Crippen LogP contribution in [0, 0.1) is 0 Å². The van der Waals surface area contributed by atoms with Crippen molar-refractivity contribution in [2.24, 2.45) is 5.10 Å². The van der Waals surface area contributed by atoms with Gasteiger partial charge in [0, 0.05) is 28.9 Å². The van der Waals surface area contributed by atoms with Crippen molar-refractivity contribution in [1.82, 2.24) is 15.4 Å². The lowest BCUT2D eigenvalue weighted by atomic mass is 10.0. The molecule has 0 fully saturated rings. The van der Waals surface area contributed by atoms with Gasteiger partial charge in [-0.05, 0) is 37.3 Å². The molecule has 8 heteroatoms. The van der Waals surface area contributed by atoms with E-state index in [1.165, 1.54) is 0 Å². The van der Waals surface area contributed by atoms with E-state index >= 15 is 0 Å². The van der Waals surface area contributed by atoms with Crippen LogP contribution in [0.25, 0.3) is 22.2 Å². The summed E-state index contributed by atoms with van der Waals surface area (Å²) < 4.78 is 16.4. The zero-order valence-electron chi connectivity index (χ0n) is 19.3. The molecule has 172 valence electrons. The fraction of sp³-hybridized carbons (Fsp3) is 0.154. The highest BCUT2D eigenvalue weighted by atomic mass is 16.5. The highest BCUT2D eigenvalue weighted by Gasteiger charge is 2.18. The van der Waals surface area contributed by atoms with Crippen LogP contribution in [-0.2, 0) is 0 Å². The topological polar surface area (TPSA) is 94.9 Å². The quantitative estimate of drug-likeness (QED) is 0.326. The molecule has 0 radical (unpaired) electrons. The van der Waals surface area contributed by atoms with Crippen LogP contribution in [0.3, 0.4) is 0 Å². The van der Waals surface area contributed by atoms with Crippen LogP contribution >= 0.6 is 0 Å². The molecule has 0 unspecified atom stereocenters. The summed E-state index contributed by atoms with van der Waals surface area (Å²) in [5, 5.41) is 4.97. The third kappa shape index (κ3) is 4.52. The molecule has 1 amide bonds. The third-order valence-electron chi connectivity index (χ3n) is 5.33. The second-order valence-electron chi connectivity index (χ2n) is 7.37. The Morgan fingerprint density at radius 2 is 1.68 bits per heavy atom. The summed E-state index contributed by atoms with van der Waals surface area (Å²) in [6.07, 6.45) is 3.37. The smallest absolute Gasteiger partial charge is 0.272 e. The second kappa shape index (κ2) is 9.99. The summed E-state index contributed by atoms with van der Waals surface area (Å²) in [7, 11) is 4.65. The van der Waals surface area contributed by atoms with Gasteiger partial charge >= 0.3 is 0 Å². The van der Waals surface area contributed by atoms with Crippen molar-refractivity contribution < 1.29 is 19.0 Å². The molecule has 0 aliphatic rings. The van der Waals surface area contributed by atoms with E-state index in [-0.39, 0.29) is 5.91 Å². The van der Waals surface area contributed by atoms with Gasteiger partial charge in [-0.3, -0.25) is 9.78 Å². The maximum Gasteiger partial charge on any atom is 0.272 e. The molecular weight excluding hydrogens is 432 g/mol. The van der Waals surface area contributed by atoms with Gasteiger partial charge in [0.15, 0.2) is 11.5 Å². The number of hydrazone groups is 1. The fourth-order valence-electron chi connectivity index (χ4n) is 3.58. The van der Waals surface area contributed by atoms with E-state index in [4.69, 9.17) is 19.2 Å². The lowest BCUT2D eigenvalue weighted by Crippen LogP contribution is -2.20. The largest absolute Gasteiger partial charge is 0.493 e. The molecule has 2 aromatic heterocycles. The Kier molecular flexibility index (Phi) is 6.68. The Hall–Kier alpha value is -4.46. The number of hydrogen-bond acceptors (Lipinski definition) is 7. The third-order valence-corrected chi connectivity index (χ3v) is 5.33. The number of hydrogen-bond donors (Lipinski definition) is 1. The van der Waals surface area contributed by atoms with Crippen molar-refractivity contribution >= 4 is 22.5 Å². The molecule has 1 N–H and O–H groups in total. The molecule has 4 rings (SSSR count). The van der Waals surface area contributed by atoms with E-state index in [0.717, 1.165) is 5.56 Å². The number of carbonyl (C=O) groups is 1. The van der Waals surface area contributed by atoms with E-state index in [0.29, 0.717) is 50.7 Å². The first kappa shape index (κ1) is 22.7. The lowest BCUT2D eigenvalue weighted by molar-refractivity contribution is 0.0956. The Bertz CT molecular complexity index is 1350. The van der Waals surface area contributed by atoms with Crippen LogP contribution in [0.4, 0.5) is 0 Å². The standard InChI is InChI=1S/C26H24N4O4/c1-16(17-8-7-11-27-15-17)29-30-26(31)20-14-22(28-21-10-6-5-9-19(20)21)18-12-23(32-2)25(34-4)24(13-18)33-3/h5-15H,1-4H3,(H,30,31)/b29-16+. The number of carbonyl (C=O) groups excluding carboxylic acids is 1. The molecular formula is C26H24N4O4. The average molecular weight is 457 g/mol. The van der Waals surface area contributed by atoms with Crippen LogP contribution in [-0.4, -0.2) is 42.9 Å². The Balaban J connectivity index is 1.78. The number of amides is 1. The van der Waals surface area contributed by atoms with Crippen molar-refractivity contribution in [2.45, 2.75) is 6.92 Å². The van der Waals surface area contributed by atoms with E-state index < -0.39 is 0 Å². The first-order valence-electron chi connectivity index (χ1n) is 10.5. The number of fused-ring (bicyclic) bond motifs is 1. The van der Waals surface area contributed by atoms with Gasteiger partial charge in [0.2, 0.25) is 5.75 Å². The van der Waals surface area contributed by atoms with Crippen LogP contribution in [0.1, 0.15) is 22.8 Å². The zero-order valence-corrected chi connectivity index (χ0v) is 19.3. The minimum absolute atomic E-state index is 0.351. The predicted molar refractivity (Wildman–Crippen MR) is 131 cm³/mol. The van der Waals surface area contributed by atoms with Crippen LogP contribution in [0.5, 0.6) is 17.2 Å². The maximum absolute atomic E-state index is 13.2. The van der Waals surface area contributed by atoms with Crippen LogP contribution in [0.2, 0.25) is 0 Å². The van der Waals surface area contributed by atoms with E-state index in [1.54, 1.807) is 51.9 Å².